The van der Waals surface area contributed by atoms with Crippen LogP contribution in [0.5, 0.6) is 0 Å². The van der Waals surface area contributed by atoms with Gasteiger partial charge in [-0.2, -0.15) is 0 Å². The van der Waals surface area contributed by atoms with Crippen molar-refractivity contribution in [2.45, 2.75) is 26.7 Å². The number of hydrogen-bond acceptors (Lipinski definition) is 0. The second-order valence-electron chi connectivity index (χ2n) is 6.84. The molecule has 5 rings (SSSR count). The maximum atomic E-state index is 2.45. The first kappa shape index (κ1) is 12.2. The summed E-state index contributed by atoms with van der Waals surface area (Å²) in [6.07, 6.45) is 2.17. The average Bonchev–Trinajstić information content (AvgIpc) is 3.02. The van der Waals surface area contributed by atoms with Crippen LogP contribution in [0, 0.1) is 13.8 Å². The van der Waals surface area contributed by atoms with Gasteiger partial charge in [0, 0.05) is 0 Å². The zero-order chi connectivity index (χ0) is 14.8. The lowest BCUT2D eigenvalue weighted by Gasteiger charge is -2.07. The molecule has 0 heterocycles. The Kier molecular flexibility index (Phi) is 2.28. The smallest absolute Gasteiger partial charge is 0.00132 e. The summed E-state index contributed by atoms with van der Waals surface area (Å²) < 4.78 is 0. The maximum absolute atomic E-state index is 2.45. The molecule has 0 heteroatoms. The molecule has 0 amide bonds. The highest BCUT2D eigenvalue weighted by atomic mass is 14.3. The summed E-state index contributed by atoms with van der Waals surface area (Å²) in [6.45, 7) is 4.37. The minimum Gasteiger partial charge on any atom is -0.0590 e. The molecule has 2 aliphatic carbocycles. The van der Waals surface area contributed by atoms with Gasteiger partial charge in [-0.05, 0) is 83.3 Å². The van der Waals surface area contributed by atoms with Gasteiger partial charge in [-0.3, -0.25) is 0 Å². The molecule has 0 nitrogen and oxygen atoms in total. The van der Waals surface area contributed by atoms with Crippen LogP contribution in [0.25, 0.3) is 22.3 Å². The van der Waals surface area contributed by atoms with Crippen molar-refractivity contribution in [3.63, 3.8) is 0 Å². The van der Waals surface area contributed by atoms with Crippen molar-refractivity contribution >= 4 is 0 Å². The molecular formula is C22H18. The molecule has 0 unspecified atom stereocenters. The van der Waals surface area contributed by atoms with E-state index in [1.54, 1.807) is 0 Å². The van der Waals surface area contributed by atoms with E-state index in [0.717, 1.165) is 12.8 Å². The minimum absolute atomic E-state index is 1.08. The molecule has 0 spiro atoms. The van der Waals surface area contributed by atoms with Crippen molar-refractivity contribution < 1.29 is 0 Å². The number of fused-ring (bicyclic) bond motifs is 6. The van der Waals surface area contributed by atoms with E-state index >= 15 is 0 Å². The summed E-state index contributed by atoms with van der Waals surface area (Å²) in [4.78, 5) is 0. The summed E-state index contributed by atoms with van der Waals surface area (Å²) in [7, 11) is 0. The second kappa shape index (κ2) is 4.10. The number of rotatable bonds is 0. The van der Waals surface area contributed by atoms with E-state index in [-0.39, 0.29) is 0 Å². The Morgan fingerprint density at radius 3 is 1.36 bits per heavy atom. The fraction of sp³-hybridized carbons (Fsp3) is 0.182. The van der Waals surface area contributed by atoms with Gasteiger partial charge >= 0.3 is 0 Å². The number of benzene rings is 3. The van der Waals surface area contributed by atoms with Crippen LogP contribution in [-0.4, -0.2) is 0 Å². The molecule has 0 radical (unpaired) electrons. The van der Waals surface area contributed by atoms with Crippen LogP contribution in [0.3, 0.4) is 0 Å². The SMILES string of the molecule is Cc1ccc2c(c1)-c1cc3c(cc1C2)-c1cc(C)ccc1C3. The summed E-state index contributed by atoms with van der Waals surface area (Å²) in [6, 6.07) is 18.7. The van der Waals surface area contributed by atoms with E-state index in [0.29, 0.717) is 0 Å². The monoisotopic (exact) mass is 282 g/mol. The Labute approximate surface area is 131 Å². The van der Waals surface area contributed by atoms with E-state index in [9.17, 15) is 0 Å². The van der Waals surface area contributed by atoms with Crippen LogP contribution in [0.4, 0.5) is 0 Å². The lowest BCUT2D eigenvalue weighted by atomic mass is 9.97. The molecule has 3 aromatic rings. The highest BCUT2D eigenvalue weighted by molar-refractivity contribution is 5.85. The number of hydrogen-bond donors (Lipinski definition) is 0. The van der Waals surface area contributed by atoms with E-state index in [1.165, 1.54) is 55.6 Å². The van der Waals surface area contributed by atoms with Gasteiger partial charge in [-0.25, -0.2) is 0 Å². The normalized spacial score (nSPS) is 13.5. The topological polar surface area (TPSA) is 0 Å². The van der Waals surface area contributed by atoms with Gasteiger partial charge in [-0.15, -0.1) is 0 Å². The first-order valence-corrected chi connectivity index (χ1v) is 8.04. The third kappa shape index (κ3) is 1.58. The predicted octanol–water partition coefficient (Wildman–Crippen LogP) is 5.45. The van der Waals surface area contributed by atoms with Crippen LogP contribution < -0.4 is 0 Å². The Morgan fingerprint density at radius 2 is 0.909 bits per heavy atom. The Hall–Kier alpha value is -2.34. The van der Waals surface area contributed by atoms with Gasteiger partial charge in [0.15, 0.2) is 0 Å². The summed E-state index contributed by atoms with van der Waals surface area (Å²) >= 11 is 0. The zero-order valence-corrected chi connectivity index (χ0v) is 13.0. The lowest BCUT2D eigenvalue weighted by Crippen LogP contribution is -1.86. The summed E-state index contributed by atoms with van der Waals surface area (Å²) in [5, 5.41) is 0. The standard InChI is InChI=1S/C22H18/c1-13-3-5-15-9-17-12-22-18(11-21(17)19(15)7-13)10-16-6-4-14(2)8-20(16)22/h3-8,11-12H,9-10H2,1-2H3. The molecule has 0 bridgehead atoms. The maximum Gasteiger partial charge on any atom is -0.00132 e. The van der Waals surface area contributed by atoms with Crippen LogP contribution in [0.15, 0.2) is 48.5 Å². The fourth-order valence-electron chi connectivity index (χ4n) is 4.08. The highest BCUT2D eigenvalue weighted by Crippen LogP contribution is 2.44. The summed E-state index contributed by atoms with van der Waals surface area (Å²) in [5.41, 5.74) is 14.5. The van der Waals surface area contributed by atoms with Crippen molar-refractivity contribution in [2.24, 2.45) is 0 Å². The molecule has 0 aliphatic heterocycles. The first-order chi connectivity index (χ1) is 10.7. The zero-order valence-electron chi connectivity index (χ0n) is 13.0. The van der Waals surface area contributed by atoms with Crippen molar-refractivity contribution in [3.8, 4) is 22.3 Å². The molecule has 0 N–H and O–H groups in total. The van der Waals surface area contributed by atoms with E-state index in [4.69, 9.17) is 0 Å². The van der Waals surface area contributed by atoms with Gasteiger partial charge in [-0.1, -0.05) is 47.5 Å². The third-order valence-corrected chi connectivity index (χ3v) is 5.20. The molecule has 2 aliphatic rings. The van der Waals surface area contributed by atoms with Crippen molar-refractivity contribution in [3.05, 3.63) is 81.9 Å². The second-order valence-corrected chi connectivity index (χ2v) is 6.84. The van der Waals surface area contributed by atoms with Crippen molar-refractivity contribution in [1.29, 1.82) is 0 Å². The lowest BCUT2D eigenvalue weighted by molar-refractivity contribution is 1.24. The first-order valence-electron chi connectivity index (χ1n) is 8.04. The van der Waals surface area contributed by atoms with Gasteiger partial charge in [0.25, 0.3) is 0 Å². The number of aryl methyl sites for hydroxylation is 2. The molecule has 0 fully saturated rings. The molecule has 3 aromatic carbocycles. The Balaban J connectivity index is 1.73. The van der Waals surface area contributed by atoms with Crippen LogP contribution >= 0.6 is 0 Å². The van der Waals surface area contributed by atoms with E-state index in [1.807, 2.05) is 0 Å². The Bertz CT molecular complexity index is 865. The van der Waals surface area contributed by atoms with Crippen molar-refractivity contribution in [2.75, 3.05) is 0 Å². The molecule has 106 valence electrons. The highest BCUT2D eigenvalue weighted by Gasteiger charge is 2.25. The van der Waals surface area contributed by atoms with Crippen LogP contribution in [0.1, 0.15) is 33.4 Å². The van der Waals surface area contributed by atoms with Gasteiger partial charge in [0.1, 0.15) is 0 Å². The fourth-order valence-corrected chi connectivity index (χ4v) is 4.08. The molecule has 0 atom stereocenters. The van der Waals surface area contributed by atoms with Gasteiger partial charge < -0.3 is 0 Å². The molecular weight excluding hydrogens is 264 g/mol. The minimum atomic E-state index is 1.08. The molecule has 0 aromatic heterocycles. The summed E-state index contributed by atoms with van der Waals surface area (Å²) in [5.74, 6) is 0. The van der Waals surface area contributed by atoms with Gasteiger partial charge in [0.05, 0.1) is 0 Å². The van der Waals surface area contributed by atoms with Crippen LogP contribution in [-0.2, 0) is 12.8 Å². The third-order valence-electron chi connectivity index (χ3n) is 5.20. The van der Waals surface area contributed by atoms with Crippen molar-refractivity contribution in [1.82, 2.24) is 0 Å². The van der Waals surface area contributed by atoms with Gasteiger partial charge in [0.2, 0.25) is 0 Å². The quantitative estimate of drug-likeness (QED) is 0.354. The predicted molar refractivity (Wildman–Crippen MR) is 92.4 cm³/mol. The van der Waals surface area contributed by atoms with Crippen LogP contribution in [0.2, 0.25) is 0 Å². The average molecular weight is 282 g/mol. The molecule has 0 saturated carbocycles. The van der Waals surface area contributed by atoms with E-state index in [2.05, 4.69) is 62.4 Å². The molecule has 0 saturated heterocycles. The Morgan fingerprint density at radius 1 is 0.500 bits per heavy atom. The molecule has 22 heavy (non-hydrogen) atoms. The largest absolute Gasteiger partial charge is 0.0590 e. The van der Waals surface area contributed by atoms with E-state index < -0.39 is 0 Å².